The van der Waals surface area contributed by atoms with Gasteiger partial charge in [-0.15, -0.1) is 11.5 Å². The molecule has 1 aromatic carbocycles. The van der Waals surface area contributed by atoms with Crippen molar-refractivity contribution in [2.75, 3.05) is 6.54 Å². The minimum atomic E-state index is -0.252. The molecule has 0 aliphatic heterocycles. The maximum Gasteiger partial charge on any atom is 0.212 e. The van der Waals surface area contributed by atoms with Crippen LogP contribution in [0.2, 0.25) is 0 Å². The fourth-order valence-corrected chi connectivity index (χ4v) is 1.21. The van der Waals surface area contributed by atoms with Crippen LogP contribution in [0.25, 0.3) is 0 Å². The summed E-state index contributed by atoms with van der Waals surface area (Å²) in [6.45, 7) is 0.640. The number of benzene rings is 1. The monoisotopic (exact) mass is 244 g/mol. The molecule has 6 heteroatoms. The van der Waals surface area contributed by atoms with Gasteiger partial charge in [-0.1, -0.05) is 36.3 Å². The molecule has 6 N–H and O–H groups in total. The summed E-state index contributed by atoms with van der Waals surface area (Å²) in [5.41, 5.74) is 12.0. The first-order valence-corrected chi connectivity index (χ1v) is 5.30. The Morgan fingerprint density at radius 1 is 1.39 bits per heavy atom. The standard InChI is InChI=1S/C12H16N6/c1-2-8-18(11(13)14)17-12(15)16-9-10-6-4-3-5-7-10/h1,3-7H,8-9H2,(H3,13,14)(H3,15,16,17). The molecule has 0 bridgehead atoms. The highest BCUT2D eigenvalue weighted by Gasteiger charge is 2.03. The molecule has 0 atom stereocenters. The highest BCUT2D eigenvalue weighted by molar-refractivity contribution is 5.81. The lowest BCUT2D eigenvalue weighted by molar-refractivity contribution is 0.487. The van der Waals surface area contributed by atoms with Crippen LogP contribution in [0, 0.1) is 17.8 Å². The quantitative estimate of drug-likeness (QED) is 0.255. The minimum Gasteiger partial charge on any atom is -0.368 e. The lowest BCUT2D eigenvalue weighted by Crippen LogP contribution is -2.39. The Bertz CT molecular complexity index is 459. The van der Waals surface area contributed by atoms with E-state index in [1.807, 2.05) is 30.3 Å². The summed E-state index contributed by atoms with van der Waals surface area (Å²) in [5.74, 6) is 2.25. The summed E-state index contributed by atoms with van der Waals surface area (Å²) in [7, 11) is 0. The van der Waals surface area contributed by atoms with Gasteiger partial charge in [0.05, 0.1) is 0 Å². The Kier molecular flexibility index (Phi) is 5.06. The van der Waals surface area contributed by atoms with E-state index in [4.69, 9.17) is 23.3 Å². The SMILES string of the molecule is C#CCN(N=C(N)NCc1ccccc1)C(=N)N. The highest BCUT2D eigenvalue weighted by Crippen LogP contribution is 1.96. The Morgan fingerprint density at radius 2 is 2.06 bits per heavy atom. The maximum absolute atomic E-state index is 7.26. The van der Waals surface area contributed by atoms with Crippen molar-refractivity contribution in [3.8, 4) is 12.3 Å². The first kappa shape index (κ1) is 13.4. The molecule has 0 radical (unpaired) electrons. The van der Waals surface area contributed by atoms with E-state index in [-0.39, 0.29) is 18.5 Å². The van der Waals surface area contributed by atoms with Gasteiger partial charge in [-0.25, -0.2) is 5.01 Å². The predicted molar refractivity (Wildman–Crippen MR) is 72.4 cm³/mol. The second-order valence-electron chi connectivity index (χ2n) is 3.47. The van der Waals surface area contributed by atoms with Crippen molar-refractivity contribution in [1.82, 2.24) is 10.3 Å². The summed E-state index contributed by atoms with van der Waals surface area (Å²) in [6.07, 6.45) is 5.13. The molecule has 1 rings (SSSR count). The summed E-state index contributed by atoms with van der Waals surface area (Å²) < 4.78 is 0. The number of nitrogens with one attached hydrogen (secondary N) is 2. The van der Waals surface area contributed by atoms with E-state index in [1.54, 1.807) is 0 Å². The van der Waals surface area contributed by atoms with Crippen molar-refractivity contribution in [3.05, 3.63) is 35.9 Å². The van der Waals surface area contributed by atoms with Crippen molar-refractivity contribution in [2.24, 2.45) is 16.6 Å². The number of hydrazone groups is 1. The van der Waals surface area contributed by atoms with Crippen LogP contribution in [-0.2, 0) is 6.54 Å². The van der Waals surface area contributed by atoms with Gasteiger partial charge in [0, 0.05) is 6.54 Å². The van der Waals surface area contributed by atoms with E-state index in [9.17, 15) is 0 Å². The highest BCUT2D eigenvalue weighted by atomic mass is 15.5. The van der Waals surface area contributed by atoms with Crippen molar-refractivity contribution in [3.63, 3.8) is 0 Å². The zero-order valence-electron chi connectivity index (χ0n) is 9.93. The number of terminal acetylenes is 1. The predicted octanol–water partition coefficient (Wildman–Crippen LogP) is -0.165. The largest absolute Gasteiger partial charge is 0.368 e. The van der Waals surface area contributed by atoms with Gasteiger partial charge >= 0.3 is 0 Å². The molecule has 0 amide bonds. The van der Waals surface area contributed by atoms with Crippen LogP contribution < -0.4 is 16.8 Å². The number of hydrogen-bond acceptors (Lipinski definition) is 2. The fraction of sp³-hybridized carbons (Fsp3) is 0.167. The van der Waals surface area contributed by atoms with E-state index >= 15 is 0 Å². The van der Waals surface area contributed by atoms with E-state index in [2.05, 4.69) is 16.3 Å². The van der Waals surface area contributed by atoms with Crippen LogP contribution in [0.5, 0.6) is 0 Å². The van der Waals surface area contributed by atoms with Gasteiger partial charge in [-0.05, 0) is 5.56 Å². The Hall–Kier alpha value is -2.68. The van der Waals surface area contributed by atoms with Gasteiger partial charge in [0.1, 0.15) is 6.54 Å². The zero-order chi connectivity index (χ0) is 13.4. The topological polar surface area (TPSA) is 104 Å². The van der Waals surface area contributed by atoms with Crippen molar-refractivity contribution < 1.29 is 0 Å². The number of nitrogens with two attached hydrogens (primary N) is 2. The van der Waals surface area contributed by atoms with E-state index in [1.165, 1.54) is 0 Å². The normalized spacial score (nSPS) is 10.5. The summed E-state index contributed by atoms with van der Waals surface area (Å²) in [6, 6.07) is 9.73. The third-order valence-corrected chi connectivity index (χ3v) is 2.06. The average Bonchev–Trinajstić information content (AvgIpc) is 2.37. The summed E-state index contributed by atoms with van der Waals surface area (Å²) in [4.78, 5) is 0. The molecule has 94 valence electrons. The molecule has 18 heavy (non-hydrogen) atoms. The molecule has 1 aromatic rings. The first-order chi connectivity index (χ1) is 8.63. The molecule has 6 nitrogen and oxygen atoms in total. The maximum atomic E-state index is 7.26. The van der Waals surface area contributed by atoms with E-state index in [0.29, 0.717) is 6.54 Å². The minimum absolute atomic E-state index is 0.100. The summed E-state index contributed by atoms with van der Waals surface area (Å²) >= 11 is 0. The van der Waals surface area contributed by atoms with Gasteiger partial charge in [0.15, 0.2) is 0 Å². The average molecular weight is 244 g/mol. The molecule has 0 heterocycles. The molecule has 0 fully saturated rings. The van der Waals surface area contributed by atoms with Gasteiger partial charge in [-0.2, -0.15) is 0 Å². The Balaban J connectivity index is 2.56. The Morgan fingerprint density at radius 3 is 2.61 bits per heavy atom. The molecule has 0 unspecified atom stereocenters. The third-order valence-electron chi connectivity index (χ3n) is 2.06. The number of guanidine groups is 2. The molecule has 0 spiro atoms. The van der Waals surface area contributed by atoms with Crippen molar-refractivity contribution in [2.45, 2.75) is 6.54 Å². The Labute approximate surface area is 106 Å². The third kappa shape index (κ3) is 4.45. The molecule has 0 aromatic heterocycles. The van der Waals surface area contributed by atoms with Crippen molar-refractivity contribution >= 4 is 11.9 Å². The van der Waals surface area contributed by atoms with Crippen LogP contribution in [-0.4, -0.2) is 23.5 Å². The molecule has 0 aliphatic rings. The first-order valence-electron chi connectivity index (χ1n) is 5.30. The lowest BCUT2D eigenvalue weighted by atomic mass is 10.2. The van der Waals surface area contributed by atoms with Crippen LogP contribution in [0.4, 0.5) is 0 Å². The van der Waals surface area contributed by atoms with Crippen LogP contribution in [0.3, 0.4) is 0 Å². The van der Waals surface area contributed by atoms with Crippen LogP contribution in [0.1, 0.15) is 5.56 Å². The number of nitrogens with zero attached hydrogens (tertiary/aromatic N) is 2. The molecule has 0 saturated heterocycles. The second-order valence-corrected chi connectivity index (χ2v) is 3.47. The number of hydrogen-bond donors (Lipinski definition) is 4. The van der Waals surface area contributed by atoms with Gasteiger partial charge in [-0.3, -0.25) is 5.41 Å². The van der Waals surface area contributed by atoms with E-state index in [0.717, 1.165) is 10.6 Å². The van der Waals surface area contributed by atoms with Crippen molar-refractivity contribution in [1.29, 1.82) is 5.41 Å². The van der Waals surface area contributed by atoms with Gasteiger partial charge in [0.25, 0.3) is 0 Å². The van der Waals surface area contributed by atoms with Crippen LogP contribution >= 0.6 is 0 Å². The lowest BCUT2D eigenvalue weighted by Gasteiger charge is -2.14. The van der Waals surface area contributed by atoms with E-state index < -0.39 is 0 Å². The second kappa shape index (κ2) is 6.81. The molecular weight excluding hydrogens is 228 g/mol. The number of rotatable bonds is 4. The molecule has 0 saturated carbocycles. The summed E-state index contributed by atoms with van der Waals surface area (Å²) in [5, 5.41) is 15.2. The smallest absolute Gasteiger partial charge is 0.212 e. The van der Waals surface area contributed by atoms with Crippen LogP contribution in [0.15, 0.2) is 35.4 Å². The molecule has 0 aliphatic carbocycles. The van der Waals surface area contributed by atoms with Gasteiger partial charge in [0.2, 0.25) is 11.9 Å². The zero-order valence-corrected chi connectivity index (χ0v) is 9.93. The molecular formula is C12H16N6. The van der Waals surface area contributed by atoms with Gasteiger partial charge < -0.3 is 16.8 Å². The fourth-order valence-electron chi connectivity index (χ4n) is 1.21.